The van der Waals surface area contributed by atoms with Crippen LogP contribution >= 0.6 is 0 Å². The first-order valence-corrected chi connectivity index (χ1v) is 6.16. The number of rotatable bonds is 4. The predicted molar refractivity (Wildman–Crippen MR) is 77.5 cm³/mol. The number of esters is 1. The average Bonchev–Trinajstić information content (AvgIpc) is 2.47. The van der Waals surface area contributed by atoms with Crippen LogP contribution in [-0.2, 0) is 4.74 Å². The quantitative estimate of drug-likeness (QED) is 0.682. The van der Waals surface area contributed by atoms with Crippen molar-refractivity contribution in [1.29, 1.82) is 0 Å². The van der Waals surface area contributed by atoms with Crippen molar-refractivity contribution >= 4 is 23.1 Å². The Morgan fingerprint density at radius 1 is 0.950 bits per heavy atom. The van der Waals surface area contributed by atoms with E-state index in [1.54, 1.807) is 36.4 Å². The van der Waals surface area contributed by atoms with E-state index in [1.165, 1.54) is 14.0 Å². The van der Waals surface area contributed by atoms with E-state index in [0.29, 0.717) is 11.1 Å². The van der Waals surface area contributed by atoms with Crippen LogP contribution in [0.4, 0.5) is 11.4 Å². The lowest BCUT2D eigenvalue weighted by molar-refractivity contribution is 0.0600. The fraction of sp³-hybridized carbons (Fsp3) is 0.125. The molecule has 0 bridgehead atoms. The number of Topliss-reactive ketones (excluding diaryl/α,β-unsaturated/α-hetero) is 1. The van der Waals surface area contributed by atoms with Gasteiger partial charge in [0.2, 0.25) is 0 Å². The van der Waals surface area contributed by atoms with Crippen LogP contribution in [0.1, 0.15) is 27.6 Å². The zero-order chi connectivity index (χ0) is 14.5. The Morgan fingerprint density at radius 3 is 2.25 bits per heavy atom. The number of carbonyl (C=O) groups excluding carboxylic acids is 2. The van der Waals surface area contributed by atoms with Crippen molar-refractivity contribution in [2.45, 2.75) is 6.92 Å². The third kappa shape index (κ3) is 3.23. The molecule has 0 amide bonds. The first-order valence-electron chi connectivity index (χ1n) is 6.16. The lowest BCUT2D eigenvalue weighted by Gasteiger charge is -2.08. The van der Waals surface area contributed by atoms with Crippen LogP contribution in [0.5, 0.6) is 0 Å². The van der Waals surface area contributed by atoms with Gasteiger partial charge in [-0.3, -0.25) is 4.79 Å². The van der Waals surface area contributed by atoms with Gasteiger partial charge in [-0.25, -0.2) is 4.79 Å². The zero-order valence-electron chi connectivity index (χ0n) is 11.3. The topological polar surface area (TPSA) is 55.4 Å². The molecule has 102 valence electrons. The molecule has 0 heterocycles. The van der Waals surface area contributed by atoms with Crippen LogP contribution < -0.4 is 5.32 Å². The molecule has 2 aromatic carbocycles. The van der Waals surface area contributed by atoms with E-state index in [1.807, 2.05) is 12.1 Å². The van der Waals surface area contributed by atoms with Gasteiger partial charge < -0.3 is 10.1 Å². The Labute approximate surface area is 117 Å². The second kappa shape index (κ2) is 6.02. The van der Waals surface area contributed by atoms with Crippen LogP contribution in [0.2, 0.25) is 0 Å². The summed E-state index contributed by atoms with van der Waals surface area (Å²) in [6.07, 6.45) is 0. The number of hydrogen-bond donors (Lipinski definition) is 1. The molecule has 0 aliphatic carbocycles. The van der Waals surface area contributed by atoms with E-state index in [4.69, 9.17) is 0 Å². The van der Waals surface area contributed by atoms with Gasteiger partial charge in [-0.15, -0.1) is 0 Å². The van der Waals surface area contributed by atoms with Crippen molar-refractivity contribution in [3.8, 4) is 0 Å². The third-order valence-electron chi connectivity index (χ3n) is 2.86. The summed E-state index contributed by atoms with van der Waals surface area (Å²) in [6.45, 7) is 1.53. The highest BCUT2D eigenvalue weighted by Gasteiger charge is 2.05. The van der Waals surface area contributed by atoms with Crippen molar-refractivity contribution in [3.63, 3.8) is 0 Å². The number of hydrogen-bond acceptors (Lipinski definition) is 4. The Hall–Kier alpha value is -2.62. The van der Waals surface area contributed by atoms with Gasteiger partial charge in [-0.1, -0.05) is 12.1 Å². The molecule has 0 atom stereocenters. The molecule has 4 nitrogen and oxygen atoms in total. The first kappa shape index (κ1) is 13.8. The van der Waals surface area contributed by atoms with E-state index in [2.05, 4.69) is 10.1 Å². The molecule has 0 aromatic heterocycles. The van der Waals surface area contributed by atoms with E-state index in [0.717, 1.165) is 11.4 Å². The summed E-state index contributed by atoms with van der Waals surface area (Å²) >= 11 is 0. The summed E-state index contributed by atoms with van der Waals surface area (Å²) < 4.78 is 4.64. The van der Waals surface area contributed by atoms with Crippen LogP contribution in [0.25, 0.3) is 0 Å². The summed E-state index contributed by atoms with van der Waals surface area (Å²) in [4.78, 5) is 22.6. The van der Waals surface area contributed by atoms with Crippen molar-refractivity contribution in [3.05, 3.63) is 59.7 Å². The Bertz CT molecular complexity index is 632. The molecule has 2 rings (SSSR count). The minimum atomic E-state index is -0.366. The van der Waals surface area contributed by atoms with Gasteiger partial charge in [0.15, 0.2) is 5.78 Å². The monoisotopic (exact) mass is 269 g/mol. The van der Waals surface area contributed by atoms with Crippen molar-refractivity contribution in [2.75, 3.05) is 12.4 Å². The van der Waals surface area contributed by atoms with Gasteiger partial charge in [0.05, 0.1) is 12.7 Å². The average molecular weight is 269 g/mol. The van der Waals surface area contributed by atoms with Crippen LogP contribution in [0, 0.1) is 0 Å². The van der Waals surface area contributed by atoms with Crippen LogP contribution in [-0.4, -0.2) is 18.9 Å². The zero-order valence-corrected chi connectivity index (χ0v) is 11.3. The second-order valence-electron chi connectivity index (χ2n) is 4.33. The molecular weight excluding hydrogens is 254 g/mol. The summed E-state index contributed by atoms with van der Waals surface area (Å²) in [5.74, 6) is -0.343. The van der Waals surface area contributed by atoms with Gasteiger partial charge in [0, 0.05) is 16.9 Å². The fourth-order valence-corrected chi connectivity index (χ4v) is 1.79. The number of methoxy groups -OCH3 is 1. The molecule has 0 fully saturated rings. The standard InChI is InChI=1S/C16H15NO3/c1-11(18)13-4-3-5-15(10-13)17-14-8-6-12(7-9-14)16(19)20-2/h3-10,17H,1-2H3. The Balaban J connectivity index is 2.16. The lowest BCUT2D eigenvalue weighted by Crippen LogP contribution is -2.01. The maximum absolute atomic E-state index is 11.3. The van der Waals surface area contributed by atoms with E-state index < -0.39 is 0 Å². The Kier molecular flexibility index (Phi) is 4.15. The van der Waals surface area contributed by atoms with Gasteiger partial charge in [0.25, 0.3) is 0 Å². The molecule has 0 unspecified atom stereocenters. The van der Waals surface area contributed by atoms with Crippen LogP contribution in [0.3, 0.4) is 0 Å². The Morgan fingerprint density at radius 2 is 1.65 bits per heavy atom. The summed E-state index contributed by atoms with van der Waals surface area (Å²) in [5.41, 5.74) is 2.80. The fourth-order valence-electron chi connectivity index (χ4n) is 1.79. The molecule has 0 aliphatic heterocycles. The van der Waals surface area contributed by atoms with Gasteiger partial charge in [-0.2, -0.15) is 0 Å². The van der Waals surface area contributed by atoms with Crippen molar-refractivity contribution in [1.82, 2.24) is 0 Å². The third-order valence-corrected chi connectivity index (χ3v) is 2.86. The SMILES string of the molecule is COC(=O)c1ccc(Nc2cccc(C(C)=O)c2)cc1. The number of nitrogens with one attached hydrogen (secondary N) is 1. The van der Waals surface area contributed by atoms with E-state index in [-0.39, 0.29) is 11.8 Å². The largest absolute Gasteiger partial charge is 0.465 e. The minimum absolute atomic E-state index is 0.0229. The molecule has 4 heteroatoms. The number of anilines is 2. The second-order valence-corrected chi connectivity index (χ2v) is 4.33. The summed E-state index contributed by atoms with van der Waals surface area (Å²) in [6, 6.07) is 14.2. The number of carbonyl (C=O) groups is 2. The molecule has 0 saturated heterocycles. The van der Waals surface area contributed by atoms with E-state index >= 15 is 0 Å². The molecule has 0 radical (unpaired) electrons. The summed E-state index contributed by atoms with van der Waals surface area (Å²) in [5, 5.41) is 3.18. The molecule has 0 aliphatic rings. The summed E-state index contributed by atoms with van der Waals surface area (Å²) in [7, 11) is 1.35. The molecule has 0 spiro atoms. The normalized spacial score (nSPS) is 9.90. The minimum Gasteiger partial charge on any atom is -0.465 e. The van der Waals surface area contributed by atoms with Crippen molar-refractivity contribution < 1.29 is 14.3 Å². The van der Waals surface area contributed by atoms with Gasteiger partial charge >= 0.3 is 5.97 Å². The molecule has 0 saturated carbocycles. The van der Waals surface area contributed by atoms with E-state index in [9.17, 15) is 9.59 Å². The smallest absolute Gasteiger partial charge is 0.337 e. The highest BCUT2D eigenvalue weighted by molar-refractivity contribution is 5.95. The van der Waals surface area contributed by atoms with Gasteiger partial charge in [0.1, 0.15) is 0 Å². The highest BCUT2D eigenvalue weighted by Crippen LogP contribution is 2.18. The lowest BCUT2D eigenvalue weighted by atomic mass is 10.1. The molecule has 1 N–H and O–H groups in total. The maximum Gasteiger partial charge on any atom is 0.337 e. The predicted octanol–water partition coefficient (Wildman–Crippen LogP) is 3.42. The van der Waals surface area contributed by atoms with Crippen molar-refractivity contribution in [2.24, 2.45) is 0 Å². The number of ketones is 1. The number of ether oxygens (including phenoxy) is 1. The first-order chi connectivity index (χ1) is 9.60. The number of benzene rings is 2. The molecule has 20 heavy (non-hydrogen) atoms. The molecular formula is C16H15NO3. The van der Waals surface area contributed by atoms with Gasteiger partial charge in [-0.05, 0) is 43.3 Å². The highest BCUT2D eigenvalue weighted by atomic mass is 16.5. The maximum atomic E-state index is 11.3. The van der Waals surface area contributed by atoms with Crippen LogP contribution in [0.15, 0.2) is 48.5 Å². The molecule has 2 aromatic rings.